The molecule has 2 aliphatic rings. The fourth-order valence-electron chi connectivity index (χ4n) is 3.75. The first-order valence-electron chi connectivity index (χ1n) is 9.22. The van der Waals surface area contributed by atoms with E-state index in [4.69, 9.17) is 16.3 Å². The quantitative estimate of drug-likeness (QED) is 0.744. The Morgan fingerprint density at radius 1 is 1.04 bits per heavy atom. The zero-order valence-corrected chi connectivity index (χ0v) is 16.8. The molecule has 0 radical (unpaired) electrons. The van der Waals surface area contributed by atoms with Crippen molar-refractivity contribution in [2.24, 2.45) is 0 Å². The standard InChI is InChI=1S/C20H21ClN2O4S/c21-16-7-5-15(6-8-16)18(9-10-22-11-13-27-14-12-22)23-20(24)17-3-1-2-4-19(17)28(23,25)26/h1-8,18H,9-14H2. The van der Waals surface area contributed by atoms with Gasteiger partial charge in [-0.05, 0) is 36.2 Å². The van der Waals surface area contributed by atoms with Crippen molar-refractivity contribution in [3.05, 3.63) is 64.7 Å². The van der Waals surface area contributed by atoms with Gasteiger partial charge in [0.2, 0.25) is 0 Å². The number of carbonyl (C=O) groups is 1. The third-order valence-electron chi connectivity index (χ3n) is 5.21. The molecular weight excluding hydrogens is 400 g/mol. The van der Waals surface area contributed by atoms with Crippen LogP contribution in [0.5, 0.6) is 0 Å². The monoisotopic (exact) mass is 420 g/mol. The lowest BCUT2D eigenvalue weighted by molar-refractivity contribution is 0.0346. The van der Waals surface area contributed by atoms with Crippen LogP contribution in [0.4, 0.5) is 0 Å². The molecule has 0 bridgehead atoms. The molecule has 1 unspecified atom stereocenters. The van der Waals surface area contributed by atoms with Gasteiger partial charge in [0.05, 0.1) is 24.8 Å². The number of amides is 1. The summed E-state index contributed by atoms with van der Waals surface area (Å²) in [4.78, 5) is 15.3. The average molecular weight is 421 g/mol. The second-order valence-corrected chi connectivity index (χ2v) is 9.13. The van der Waals surface area contributed by atoms with E-state index in [1.165, 1.54) is 6.07 Å². The molecule has 1 saturated heterocycles. The topological polar surface area (TPSA) is 66.9 Å². The van der Waals surface area contributed by atoms with Crippen LogP contribution in [0.25, 0.3) is 0 Å². The van der Waals surface area contributed by atoms with Crippen molar-refractivity contribution in [2.75, 3.05) is 32.8 Å². The molecule has 8 heteroatoms. The molecule has 0 aliphatic carbocycles. The van der Waals surface area contributed by atoms with Crippen LogP contribution in [0.2, 0.25) is 5.02 Å². The van der Waals surface area contributed by atoms with Crippen LogP contribution in [0.3, 0.4) is 0 Å². The summed E-state index contributed by atoms with van der Waals surface area (Å²) in [6, 6.07) is 12.8. The van der Waals surface area contributed by atoms with Crippen LogP contribution >= 0.6 is 11.6 Å². The first-order chi connectivity index (χ1) is 13.5. The Kier molecular flexibility index (Phi) is 5.42. The van der Waals surface area contributed by atoms with E-state index in [0.717, 1.165) is 23.0 Å². The highest BCUT2D eigenvalue weighted by atomic mass is 35.5. The van der Waals surface area contributed by atoms with Crippen LogP contribution in [0.15, 0.2) is 53.4 Å². The normalized spacial score (nSPS) is 20.2. The molecule has 1 amide bonds. The van der Waals surface area contributed by atoms with E-state index in [0.29, 0.717) is 31.2 Å². The van der Waals surface area contributed by atoms with Crippen LogP contribution in [-0.2, 0) is 14.8 Å². The lowest BCUT2D eigenvalue weighted by Gasteiger charge is -2.31. The Bertz CT molecular complexity index is 972. The maximum absolute atomic E-state index is 13.2. The summed E-state index contributed by atoms with van der Waals surface area (Å²) in [6.07, 6.45) is 0.501. The van der Waals surface area contributed by atoms with Crippen molar-refractivity contribution in [2.45, 2.75) is 17.4 Å². The predicted molar refractivity (Wildman–Crippen MR) is 106 cm³/mol. The van der Waals surface area contributed by atoms with Gasteiger partial charge in [-0.15, -0.1) is 0 Å². The Hall–Kier alpha value is -1.93. The largest absolute Gasteiger partial charge is 0.379 e. The van der Waals surface area contributed by atoms with Gasteiger partial charge in [0.25, 0.3) is 15.9 Å². The minimum Gasteiger partial charge on any atom is -0.379 e. The predicted octanol–water partition coefficient (Wildman–Crippen LogP) is 2.95. The van der Waals surface area contributed by atoms with Crippen LogP contribution in [-0.4, -0.2) is 56.4 Å². The van der Waals surface area contributed by atoms with E-state index in [1.807, 2.05) is 0 Å². The van der Waals surface area contributed by atoms with Crippen molar-refractivity contribution >= 4 is 27.5 Å². The molecule has 2 aromatic rings. The molecule has 4 rings (SSSR count). The number of fused-ring (bicyclic) bond motifs is 1. The van der Waals surface area contributed by atoms with Gasteiger partial charge in [0.15, 0.2) is 0 Å². The van der Waals surface area contributed by atoms with E-state index >= 15 is 0 Å². The number of hydrogen-bond donors (Lipinski definition) is 0. The smallest absolute Gasteiger partial charge is 0.269 e. The van der Waals surface area contributed by atoms with Gasteiger partial charge >= 0.3 is 0 Å². The molecule has 1 atom stereocenters. The van der Waals surface area contributed by atoms with E-state index < -0.39 is 22.0 Å². The number of nitrogens with zero attached hydrogens (tertiary/aromatic N) is 2. The summed E-state index contributed by atoms with van der Waals surface area (Å²) in [5, 5.41) is 0.564. The zero-order chi connectivity index (χ0) is 19.7. The highest BCUT2D eigenvalue weighted by Gasteiger charge is 2.45. The summed E-state index contributed by atoms with van der Waals surface area (Å²) < 4.78 is 32.8. The molecule has 2 heterocycles. The minimum absolute atomic E-state index is 0.0744. The van der Waals surface area contributed by atoms with Gasteiger partial charge in [0.1, 0.15) is 4.90 Å². The number of morpholine rings is 1. The van der Waals surface area contributed by atoms with Gasteiger partial charge < -0.3 is 4.74 Å². The van der Waals surface area contributed by atoms with Crippen molar-refractivity contribution < 1.29 is 17.9 Å². The molecule has 0 N–H and O–H groups in total. The van der Waals surface area contributed by atoms with Crippen molar-refractivity contribution in [1.82, 2.24) is 9.21 Å². The number of halogens is 1. The lowest BCUT2D eigenvalue weighted by atomic mass is 10.0. The molecule has 1 fully saturated rings. The first kappa shape index (κ1) is 19.4. The second-order valence-electron chi connectivity index (χ2n) is 6.91. The zero-order valence-electron chi connectivity index (χ0n) is 15.3. The van der Waals surface area contributed by atoms with Gasteiger partial charge in [-0.2, -0.15) is 0 Å². The number of carbonyl (C=O) groups excluding carboxylic acids is 1. The second kappa shape index (κ2) is 7.83. The van der Waals surface area contributed by atoms with Crippen LogP contribution in [0, 0.1) is 0 Å². The molecule has 0 aromatic heterocycles. The summed E-state index contributed by atoms with van der Waals surface area (Å²) >= 11 is 6.01. The molecule has 0 spiro atoms. The summed E-state index contributed by atoms with van der Waals surface area (Å²) in [6.45, 7) is 3.60. The molecule has 6 nitrogen and oxygen atoms in total. The number of sulfonamides is 1. The fourth-order valence-corrected chi connectivity index (χ4v) is 5.65. The van der Waals surface area contributed by atoms with Crippen molar-refractivity contribution in [3.63, 3.8) is 0 Å². The van der Waals surface area contributed by atoms with E-state index in [2.05, 4.69) is 4.90 Å². The molecule has 148 valence electrons. The number of rotatable bonds is 5. The van der Waals surface area contributed by atoms with Gasteiger partial charge in [0, 0.05) is 24.7 Å². The molecule has 28 heavy (non-hydrogen) atoms. The van der Waals surface area contributed by atoms with E-state index in [1.54, 1.807) is 42.5 Å². The van der Waals surface area contributed by atoms with Crippen molar-refractivity contribution in [1.29, 1.82) is 0 Å². The number of ether oxygens (including phenoxy) is 1. The van der Waals surface area contributed by atoms with Gasteiger partial charge in [-0.3, -0.25) is 9.69 Å². The first-order valence-corrected chi connectivity index (χ1v) is 11.0. The molecular formula is C20H21ClN2O4S. The third kappa shape index (κ3) is 3.55. The van der Waals surface area contributed by atoms with E-state index in [9.17, 15) is 13.2 Å². The number of benzene rings is 2. The highest BCUT2D eigenvalue weighted by Crippen LogP contribution is 2.38. The van der Waals surface area contributed by atoms with Crippen LogP contribution < -0.4 is 0 Å². The van der Waals surface area contributed by atoms with Gasteiger partial charge in [-0.1, -0.05) is 35.9 Å². The Morgan fingerprint density at radius 3 is 2.39 bits per heavy atom. The number of hydrogen-bond acceptors (Lipinski definition) is 5. The lowest BCUT2D eigenvalue weighted by Crippen LogP contribution is -2.40. The fraction of sp³-hybridized carbons (Fsp3) is 0.350. The Balaban J connectivity index is 1.69. The summed E-state index contributed by atoms with van der Waals surface area (Å²) in [5.74, 6) is -0.475. The SMILES string of the molecule is O=C1c2ccccc2S(=O)(=O)N1C(CCN1CCOCC1)c1ccc(Cl)cc1. The minimum atomic E-state index is -3.90. The molecule has 2 aliphatic heterocycles. The Labute approximate surface area is 169 Å². The van der Waals surface area contributed by atoms with Crippen LogP contribution in [0.1, 0.15) is 28.4 Å². The summed E-state index contributed by atoms with van der Waals surface area (Å²) in [7, 11) is -3.90. The highest BCUT2D eigenvalue weighted by molar-refractivity contribution is 7.90. The average Bonchev–Trinajstić information content (AvgIpc) is 2.91. The molecule has 0 saturated carbocycles. The maximum atomic E-state index is 13.2. The third-order valence-corrected chi connectivity index (χ3v) is 7.32. The van der Waals surface area contributed by atoms with E-state index in [-0.39, 0.29) is 10.5 Å². The summed E-state index contributed by atoms with van der Waals surface area (Å²) in [5.41, 5.74) is 0.982. The Morgan fingerprint density at radius 2 is 1.71 bits per heavy atom. The van der Waals surface area contributed by atoms with Gasteiger partial charge in [-0.25, -0.2) is 12.7 Å². The van der Waals surface area contributed by atoms with Crippen molar-refractivity contribution in [3.8, 4) is 0 Å². The molecule has 2 aromatic carbocycles. The maximum Gasteiger partial charge on any atom is 0.269 e.